The molecule has 0 spiro atoms. The molecule has 19 heavy (non-hydrogen) atoms. The SMILES string of the molecule is CCC(CC)(OC)c1ncc2c(n1)CCCCC2N. The lowest BCUT2D eigenvalue weighted by atomic mass is 9.95. The molecule has 4 nitrogen and oxygen atoms in total. The molecule has 1 aromatic heterocycles. The number of nitrogens with two attached hydrogens (primary N) is 1. The van der Waals surface area contributed by atoms with Gasteiger partial charge in [0.2, 0.25) is 0 Å². The zero-order chi connectivity index (χ0) is 13.9. The monoisotopic (exact) mass is 263 g/mol. The van der Waals surface area contributed by atoms with Crippen molar-refractivity contribution in [1.82, 2.24) is 9.97 Å². The molecule has 1 aromatic rings. The molecule has 1 atom stereocenters. The highest BCUT2D eigenvalue weighted by Gasteiger charge is 2.32. The predicted molar refractivity (Wildman–Crippen MR) is 75.8 cm³/mol. The fourth-order valence-corrected chi connectivity index (χ4v) is 2.91. The highest BCUT2D eigenvalue weighted by molar-refractivity contribution is 5.24. The smallest absolute Gasteiger partial charge is 0.160 e. The molecular weight excluding hydrogens is 238 g/mol. The van der Waals surface area contributed by atoms with Crippen molar-refractivity contribution in [3.63, 3.8) is 0 Å². The van der Waals surface area contributed by atoms with E-state index in [-0.39, 0.29) is 11.6 Å². The fraction of sp³-hybridized carbons (Fsp3) is 0.733. The van der Waals surface area contributed by atoms with Crippen LogP contribution in [0.15, 0.2) is 6.20 Å². The van der Waals surface area contributed by atoms with E-state index in [0.29, 0.717) is 0 Å². The number of aryl methyl sites for hydroxylation is 1. The lowest BCUT2D eigenvalue weighted by Crippen LogP contribution is -2.30. The molecule has 2 N–H and O–H groups in total. The molecule has 1 heterocycles. The number of fused-ring (bicyclic) bond motifs is 1. The molecule has 0 fully saturated rings. The molecule has 106 valence electrons. The zero-order valence-corrected chi connectivity index (χ0v) is 12.3. The summed E-state index contributed by atoms with van der Waals surface area (Å²) in [6, 6.07) is 0.0896. The molecule has 1 aliphatic carbocycles. The normalized spacial score (nSPS) is 19.9. The Morgan fingerprint density at radius 3 is 2.74 bits per heavy atom. The van der Waals surface area contributed by atoms with E-state index in [2.05, 4.69) is 18.8 Å². The largest absolute Gasteiger partial charge is 0.370 e. The Balaban J connectivity index is 2.42. The van der Waals surface area contributed by atoms with Gasteiger partial charge in [-0.3, -0.25) is 0 Å². The second kappa shape index (κ2) is 5.97. The summed E-state index contributed by atoms with van der Waals surface area (Å²) in [5.74, 6) is 0.813. The van der Waals surface area contributed by atoms with Crippen LogP contribution < -0.4 is 5.73 Å². The van der Waals surface area contributed by atoms with Gasteiger partial charge in [0, 0.05) is 30.6 Å². The van der Waals surface area contributed by atoms with E-state index in [1.54, 1.807) is 7.11 Å². The van der Waals surface area contributed by atoms with Crippen LogP contribution in [0.2, 0.25) is 0 Å². The number of methoxy groups -OCH3 is 1. The van der Waals surface area contributed by atoms with Crippen molar-refractivity contribution >= 4 is 0 Å². The van der Waals surface area contributed by atoms with Crippen LogP contribution >= 0.6 is 0 Å². The molecule has 0 radical (unpaired) electrons. The summed E-state index contributed by atoms with van der Waals surface area (Å²) in [6.07, 6.45) is 8.06. The minimum absolute atomic E-state index is 0.0896. The maximum atomic E-state index is 6.19. The van der Waals surface area contributed by atoms with Crippen molar-refractivity contribution in [3.05, 3.63) is 23.3 Å². The van der Waals surface area contributed by atoms with E-state index in [4.69, 9.17) is 15.5 Å². The second-order valence-corrected chi connectivity index (χ2v) is 5.35. The maximum Gasteiger partial charge on any atom is 0.160 e. The Morgan fingerprint density at radius 1 is 1.37 bits per heavy atom. The Bertz CT molecular complexity index is 421. The van der Waals surface area contributed by atoms with Crippen molar-refractivity contribution in [2.45, 2.75) is 64.0 Å². The van der Waals surface area contributed by atoms with Crippen LogP contribution in [0.1, 0.15) is 69.1 Å². The highest BCUT2D eigenvalue weighted by Crippen LogP contribution is 2.32. The first-order chi connectivity index (χ1) is 9.16. The van der Waals surface area contributed by atoms with Gasteiger partial charge in [0.05, 0.1) is 0 Å². The maximum absolute atomic E-state index is 6.19. The number of hydrogen-bond acceptors (Lipinski definition) is 4. The van der Waals surface area contributed by atoms with Crippen LogP contribution in [0.3, 0.4) is 0 Å². The van der Waals surface area contributed by atoms with Crippen molar-refractivity contribution in [1.29, 1.82) is 0 Å². The quantitative estimate of drug-likeness (QED) is 0.848. The number of aromatic nitrogens is 2. The second-order valence-electron chi connectivity index (χ2n) is 5.35. The van der Waals surface area contributed by atoms with Gasteiger partial charge in [-0.25, -0.2) is 9.97 Å². The minimum Gasteiger partial charge on any atom is -0.370 e. The van der Waals surface area contributed by atoms with Gasteiger partial charge in [-0.05, 0) is 32.1 Å². The standard InChI is InChI=1S/C15H25N3O/c1-4-15(5-2,19-3)14-17-10-11-12(16)8-6-7-9-13(11)18-14/h10,12H,4-9,16H2,1-3H3. The molecule has 0 aromatic carbocycles. The molecule has 1 aliphatic rings. The third kappa shape index (κ3) is 2.65. The van der Waals surface area contributed by atoms with Gasteiger partial charge in [0.1, 0.15) is 5.60 Å². The Morgan fingerprint density at radius 2 is 2.11 bits per heavy atom. The Hall–Kier alpha value is -1.00. The summed E-state index contributed by atoms with van der Waals surface area (Å²) < 4.78 is 5.72. The van der Waals surface area contributed by atoms with Crippen molar-refractivity contribution in [3.8, 4) is 0 Å². The number of nitrogens with zero attached hydrogens (tertiary/aromatic N) is 2. The molecule has 2 rings (SSSR count). The molecular formula is C15H25N3O. The molecule has 0 saturated heterocycles. The van der Waals surface area contributed by atoms with Crippen LogP contribution in [0.5, 0.6) is 0 Å². The van der Waals surface area contributed by atoms with Crippen LogP contribution in [-0.2, 0) is 16.8 Å². The first kappa shape index (κ1) is 14.4. The first-order valence-corrected chi connectivity index (χ1v) is 7.34. The number of rotatable bonds is 4. The molecule has 0 saturated carbocycles. The zero-order valence-electron chi connectivity index (χ0n) is 12.3. The minimum atomic E-state index is -0.356. The van der Waals surface area contributed by atoms with Crippen molar-refractivity contribution in [2.24, 2.45) is 5.73 Å². The van der Waals surface area contributed by atoms with Crippen molar-refractivity contribution in [2.75, 3.05) is 7.11 Å². The molecule has 0 bridgehead atoms. The van der Waals surface area contributed by atoms with E-state index in [0.717, 1.165) is 49.2 Å². The average Bonchev–Trinajstić information content (AvgIpc) is 2.63. The van der Waals surface area contributed by atoms with Gasteiger partial charge in [0.15, 0.2) is 5.82 Å². The van der Waals surface area contributed by atoms with Crippen LogP contribution in [0.25, 0.3) is 0 Å². The van der Waals surface area contributed by atoms with E-state index in [1.807, 2.05) is 6.20 Å². The molecule has 4 heteroatoms. The number of ether oxygens (including phenoxy) is 1. The van der Waals surface area contributed by atoms with Gasteiger partial charge in [-0.15, -0.1) is 0 Å². The topological polar surface area (TPSA) is 61.0 Å². The Labute approximate surface area is 115 Å². The first-order valence-electron chi connectivity index (χ1n) is 7.34. The van der Waals surface area contributed by atoms with Crippen LogP contribution in [0, 0.1) is 0 Å². The fourth-order valence-electron chi connectivity index (χ4n) is 2.91. The summed E-state index contributed by atoms with van der Waals surface area (Å²) in [5.41, 5.74) is 8.08. The summed E-state index contributed by atoms with van der Waals surface area (Å²) in [6.45, 7) is 4.24. The molecule has 0 aliphatic heterocycles. The van der Waals surface area contributed by atoms with Crippen LogP contribution in [0.4, 0.5) is 0 Å². The van der Waals surface area contributed by atoms with Gasteiger partial charge in [-0.1, -0.05) is 20.3 Å². The van der Waals surface area contributed by atoms with E-state index in [9.17, 15) is 0 Å². The van der Waals surface area contributed by atoms with Gasteiger partial charge >= 0.3 is 0 Å². The molecule has 0 amide bonds. The molecule has 1 unspecified atom stereocenters. The predicted octanol–water partition coefficient (Wildman–Crippen LogP) is 2.86. The lowest BCUT2D eigenvalue weighted by molar-refractivity contribution is -0.0293. The highest BCUT2D eigenvalue weighted by atomic mass is 16.5. The third-order valence-electron chi connectivity index (χ3n) is 4.42. The van der Waals surface area contributed by atoms with E-state index in [1.165, 1.54) is 6.42 Å². The summed E-state index contributed by atoms with van der Waals surface area (Å²) in [5, 5.41) is 0. The number of hydrogen-bond donors (Lipinski definition) is 1. The Kier molecular flexibility index (Phi) is 4.53. The third-order valence-corrected chi connectivity index (χ3v) is 4.42. The lowest BCUT2D eigenvalue weighted by Gasteiger charge is -2.29. The van der Waals surface area contributed by atoms with Gasteiger partial charge in [0.25, 0.3) is 0 Å². The van der Waals surface area contributed by atoms with E-state index < -0.39 is 0 Å². The van der Waals surface area contributed by atoms with Gasteiger partial charge < -0.3 is 10.5 Å². The van der Waals surface area contributed by atoms with Crippen LogP contribution in [-0.4, -0.2) is 17.1 Å². The van der Waals surface area contributed by atoms with Gasteiger partial charge in [-0.2, -0.15) is 0 Å². The summed E-state index contributed by atoms with van der Waals surface area (Å²) >= 11 is 0. The summed E-state index contributed by atoms with van der Waals surface area (Å²) in [4.78, 5) is 9.35. The average molecular weight is 263 g/mol. The summed E-state index contributed by atoms with van der Waals surface area (Å²) in [7, 11) is 1.74. The van der Waals surface area contributed by atoms with E-state index >= 15 is 0 Å². The van der Waals surface area contributed by atoms with Crippen molar-refractivity contribution < 1.29 is 4.74 Å².